The fraction of sp³-hybridized carbons (Fsp3) is 0.550. The van der Waals surface area contributed by atoms with Gasteiger partial charge in [-0.2, -0.15) is 0 Å². The van der Waals surface area contributed by atoms with Crippen molar-refractivity contribution >= 4 is 9.84 Å². The second-order valence-electron chi connectivity index (χ2n) is 7.73. The summed E-state index contributed by atoms with van der Waals surface area (Å²) < 4.78 is 30.1. The summed E-state index contributed by atoms with van der Waals surface area (Å²) in [5.41, 5.74) is 1.30. The van der Waals surface area contributed by atoms with Crippen molar-refractivity contribution < 1.29 is 13.2 Å². The fourth-order valence-corrected chi connectivity index (χ4v) is 4.90. The summed E-state index contributed by atoms with van der Waals surface area (Å²) in [4.78, 5) is 16.0. The zero-order chi connectivity index (χ0) is 19.6. The summed E-state index contributed by atoms with van der Waals surface area (Å²) in [5.74, 6) is 1.22. The Balaban J connectivity index is 1.55. The molecule has 7 nitrogen and oxygen atoms in total. The molecule has 2 aromatic rings. The first-order valence-corrected chi connectivity index (χ1v) is 11.7. The zero-order valence-electron chi connectivity index (χ0n) is 16.1. The minimum absolute atomic E-state index is 0.117. The Labute approximate surface area is 166 Å². The van der Waals surface area contributed by atoms with Crippen LogP contribution in [-0.2, 0) is 14.6 Å². The highest BCUT2D eigenvalue weighted by Gasteiger charge is 2.29. The number of pyridine rings is 1. The van der Waals surface area contributed by atoms with Crippen LogP contribution < -0.4 is 0 Å². The lowest BCUT2D eigenvalue weighted by atomic mass is 9.92. The van der Waals surface area contributed by atoms with Crippen LogP contribution in [0.3, 0.4) is 0 Å². The number of nitrogens with zero attached hydrogens (tertiary/aromatic N) is 4. The van der Waals surface area contributed by atoms with Crippen molar-refractivity contribution in [2.24, 2.45) is 5.92 Å². The van der Waals surface area contributed by atoms with Gasteiger partial charge in [-0.25, -0.2) is 18.4 Å². The second kappa shape index (κ2) is 8.23. The molecule has 2 aliphatic heterocycles. The molecular weight excluding hydrogens is 376 g/mol. The lowest BCUT2D eigenvalue weighted by molar-refractivity contribution is 0.151. The highest BCUT2D eigenvalue weighted by Crippen LogP contribution is 2.32. The van der Waals surface area contributed by atoms with Gasteiger partial charge in [-0.3, -0.25) is 4.98 Å². The Bertz CT molecular complexity index is 906. The van der Waals surface area contributed by atoms with Crippen molar-refractivity contribution in [3.63, 3.8) is 0 Å². The van der Waals surface area contributed by atoms with E-state index in [1.165, 1.54) is 12.5 Å². The van der Waals surface area contributed by atoms with Crippen LogP contribution in [0.2, 0.25) is 0 Å². The Kier molecular flexibility index (Phi) is 5.70. The molecule has 2 fully saturated rings. The first-order valence-electron chi connectivity index (χ1n) is 9.79. The van der Waals surface area contributed by atoms with E-state index in [4.69, 9.17) is 4.74 Å². The predicted octanol–water partition coefficient (Wildman–Crippen LogP) is 2.16. The number of likely N-dealkylation sites (tertiary alicyclic amines) is 1. The first-order chi connectivity index (χ1) is 13.5. The second-order valence-corrected chi connectivity index (χ2v) is 9.72. The van der Waals surface area contributed by atoms with Gasteiger partial charge < -0.3 is 9.64 Å². The predicted molar refractivity (Wildman–Crippen MR) is 106 cm³/mol. The van der Waals surface area contributed by atoms with Crippen LogP contribution in [0, 0.1) is 5.92 Å². The lowest BCUT2D eigenvalue weighted by Gasteiger charge is -2.33. The molecule has 0 aliphatic carbocycles. The fourth-order valence-electron chi connectivity index (χ4n) is 4.06. The van der Waals surface area contributed by atoms with Gasteiger partial charge in [0.05, 0.1) is 12.3 Å². The molecule has 0 bridgehead atoms. The maximum absolute atomic E-state index is 12.3. The van der Waals surface area contributed by atoms with Gasteiger partial charge in [-0.1, -0.05) is 6.07 Å². The average molecular weight is 403 g/mol. The molecular formula is C20H26N4O3S. The molecule has 28 heavy (non-hydrogen) atoms. The number of ether oxygens (including phenoxy) is 1. The molecule has 2 aliphatic rings. The summed E-state index contributed by atoms with van der Waals surface area (Å²) in [6.07, 6.45) is 7.30. The SMILES string of the molecule is CS(=O)(=O)c1cnc(-c2ccccn2)nc1C1CCN(CC2CCOC2)CC1. The summed E-state index contributed by atoms with van der Waals surface area (Å²) in [5, 5.41) is 0. The highest BCUT2D eigenvalue weighted by molar-refractivity contribution is 7.90. The van der Waals surface area contributed by atoms with Crippen LogP contribution in [0.5, 0.6) is 0 Å². The van der Waals surface area contributed by atoms with Gasteiger partial charge in [-0.15, -0.1) is 0 Å². The molecule has 8 heteroatoms. The van der Waals surface area contributed by atoms with Crippen LogP contribution in [-0.4, -0.2) is 67.4 Å². The third kappa shape index (κ3) is 4.39. The molecule has 0 aromatic carbocycles. The minimum atomic E-state index is -3.39. The Morgan fingerprint density at radius 2 is 2.00 bits per heavy atom. The van der Waals surface area contributed by atoms with E-state index < -0.39 is 9.84 Å². The van der Waals surface area contributed by atoms with Crippen molar-refractivity contribution in [1.29, 1.82) is 0 Å². The maximum atomic E-state index is 12.3. The number of hydrogen-bond donors (Lipinski definition) is 0. The van der Waals surface area contributed by atoms with Crippen molar-refractivity contribution in [2.45, 2.75) is 30.1 Å². The smallest absolute Gasteiger partial charge is 0.178 e. The first kappa shape index (κ1) is 19.4. The Hall–Kier alpha value is -1.90. The Morgan fingerprint density at radius 1 is 1.18 bits per heavy atom. The van der Waals surface area contributed by atoms with E-state index in [9.17, 15) is 8.42 Å². The Morgan fingerprint density at radius 3 is 2.64 bits per heavy atom. The molecule has 2 aromatic heterocycles. The van der Waals surface area contributed by atoms with Crippen molar-refractivity contribution in [1.82, 2.24) is 19.9 Å². The standard InChI is InChI=1S/C20H26N4O3S/c1-28(25,26)18-12-22-20(17-4-2-3-8-21-17)23-19(18)16-5-9-24(10-6-16)13-15-7-11-27-14-15/h2-4,8,12,15-16H,5-7,9-11,13-14H2,1H3. The van der Waals surface area contributed by atoms with Crippen LogP contribution in [0.1, 0.15) is 30.9 Å². The third-order valence-corrected chi connectivity index (χ3v) is 6.70. The maximum Gasteiger partial charge on any atom is 0.178 e. The number of sulfone groups is 1. The zero-order valence-corrected chi connectivity index (χ0v) is 16.9. The van der Waals surface area contributed by atoms with E-state index in [1.54, 1.807) is 6.20 Å². The van der Waals surface area contributed by atoms with Crippen LogP contribution in [0.25, 0.3) is 11.5 Å². The number of piperidine rings is 1. The quantitative estimate of drug-likeness (QED) is 0.757. The average Bonchev–Trinajstić information content (AvgIpc) is 3.21. The molecule has 2 saturated heterocycles. The molecule has 0 radical (unpaired) electrons. The number of rotatable bonds is 5. The van der Waals surface area contributed by atoms with Crippen LogP contribution in [0.4, 0.5) is 0 Å². The largest absolute Gasteiger partial charge is 0.381 e. The molecule has 1 atom stereocenters. The molecule has 4 rings (SSSR count). The van der Waals surface area contributed by atoms with Gasteiger partial charge in [0.2, 0.25) is 0 Å². The molecule has 1 unspecified atom stereocenters. The highest BCUT2D eigenvalue weighted by atomic mass is 32.2. The van der Waals surface area contributed by atoms with E-state index >= 15 is 0 Å². The molecule has 0 amide bonds. The summed E-state index contributed by atoms with van der Waals surface area (Å²) in [6, 6.07) is 5.55. The summed E-state index contributed by atoms with van der Waals surface area (Å²) in [6.45, 7) is 4.70. The topological polar surface area (TPSA) is 85.3 Å². The van der Waals surface area contributed by atoms with E-state index in [-0.39, 0.29) is 10.8 Å². The van der Waals surface area contributed by atoms with Gasteiger partial charge in [0.25, 0.3) is 0 Å². The number of hydrogen-bond acceptors (Lipinski definition) is 7. The van der Waals surface area contributed by atoms with E-state index in [0.29, 0.717) is 23.1 Å². The molecule has 150 valence electrons. The van der Waals surface area contributed by atoms with Gasteiger partial charge in [0.15, 0.2) is 15.7 Å². The summed E-state index contributed by atoms with van der Waals surface area (Å²) >= 11 is 0. The number of aromatic nitrogens is 3. The van der Waals surface area contributed by atoms with Gasteiger partial charge in [0.1, 0.15) is 10.6 Å². The molecule has 0 spiro atoms. The van der Waals surface area contributed by atoms with E-state index in [1.807, 2.05) is 18.2 Å². The van der Waals surface area contributed by atoms with Crippen molar-refractivity contribution in [3.05, 3.63) is 36.3 Å². The van der Waals surface area contributed by atoms with Crippen LogP contribution >= 0.6 is 0 Å². The van der Waals surface area contributed by atoms with E-state index in [2.05, 4.69) is 19.9 Å². The van der Waals surface area contributed by atoms with Crippen molar-refractivity contribution in [3.8, 4) is 11.5 Å². The van der Waals surface area contributed by atoms with Gasteiger partial charge >= 0.3 is 0 Å². The summed E-state index contributed by atoms with van der Waals surface area (Å²) in [7, 11) is -3.39. The monoisotopic (exact) mass is 402 g/mol. The van der Waals surface area contributed by atoms with Crippen LogP contribution in [0.15, 0.2) is 35.5 Å². The minimum Gasteiger partial charge on any atom is -0.381 e. The van der Waals surface area contributed by atoms with E-state index in [0.717, 1.165) is 52.1 Å². The van der Waals surface area contributed by atoms with Gasteiger partial charge in [-0.05, 0) is 50.4 Å². The molecule has 0 saturated carbocycles. The molecule has 4 heterocycles. The third-order valence-electron chi connectivity index (χ3n) is 5.59. The normalized spacial score (nSPS) is 21.8. The lowest BCUT2D eigenvalue weighted by Crippen LogP contribution is -2.37. The van der Waals surface area contributed by atoms with Crippen molar-refractivity contribution in [2.75, 3.05) is 39.1 Å². The van der Waals surface area contributed by atoms with Gasteiger partial charge in [0, 0.05) is 37.7 Å². The molecule has 0 N–H and O–H groups in total.